The van der Waals surface area contributed by atoms with Crippen molar-refractivity contribution in [1.29, 1.82) is 0 Å². The molecule has 2 aliphatic carbocycles. The van der Waals surface area contributed by atoms with Gasteiger partial charge in [0.15, 0.2) is 0 Å². The third kappa shape index (κ3) is 1.66. The van der Waals surface area contributed by atoms with Crippen LogP contribution in [0.5, 0.6) is 0 Å². The van der Waals surface area contributed by atoms with Gasteiger partial charge in [-0.2, -0.15) is 0 Å². The van der Waals surface area contributed by atoms with Crippen LogP contribution >= 0.6 is 0 Å². The first-order valence-electron chi connectivity index (χ1n) is 8.33. The topological polar surface area (TPSA) is 3.24 Å². The number of halogens is 2. The summed E-state index contributed by atoms with van der Waals surface area (Å²) >= 11 is 0. The summed E-state index contributed by atoms with van der Waals surface area (Å²) in [5.74, 6) is 0.296. The number of allylic oxidation sites excluding steroid dienone is 3. The molecule has 0 saturated carbocycles. The highest BCUT2D eigenvalue weighted by molar-refractivity contribution is 5.47. The van der Waals surface area contributed by atoms with Crippen LogP contribution in [0.2, 0.25) is 0 Å². The molecule has 0 spiro atoms. The molecule has 5 aliphatic rings. The van der Waals surface area contributed by atoms with Crippen molar-refractivity contribution in [2.45, 2.75) is 43.7 Å². The van der Waals surface area contributed by atoms with E-state index in [-0.39, 0.29) is 17.6 Å². The minimum Gasteiger partial charge on any atom is -0.296 e. The first kappa shape index (κ1) is 13.0. The van der Waals surface area contributed by atoms with E-state index >= 15 is 0 Å². The van der Waals surface area contributed by atoms with Crippen LogP contribution in [0.15, 0.2) is 41.8 Å². The van der Waals surface area contributed by atoms with E-state index in [0.29, 0.717) is 18.0 Å². The molecule has 6 rings (SSSR count). The van der Waals surface area contributed by atoms with Crippen LogP contribution in [-0.2, 0) is 6.42 Å². The number of piperidine rings is 1. The SMILES string of the molecule is FC1=CC[C@@H]2C(=C1)[C@@H]1c3cc(F)ccc3C[C@@H]2N2CCC[C@@H]12. The first-order valence-corrected chi connectivity index (χ1v) is 8.33. The molecule has 4 atom stereocenters. The highest BCUT2D eigenvalue weighted by Crippen LogP contribution is 2.53. The molecule has 1 aromatic carbocycles. The van der Waals surface area contributed by atoms with Crippen LogP contribution in [0.1, 0.15) is 36.3 Å². The van der Waals surface area contributed by atoms with Gasteiger partial charge in [0.25, 0.3) is 0 Å². The molecule has 0 radical (unpaired) electrons. The van der Waals surface area contributed by atoms with Gasteiger partial charge in [-0.15, -0.1) is 0 Å². The zero-order valence-corrected chi connectivity index (χ0v) is 12.4. The van der Waals surface area contributed by atoms with Crippen molar-refractivity contribution in [3.8, 4) is 0 Å². The van der Waals surface area contributed by atoms with E-state index in [1.807, 2.05) is 6.07 Å². The van der Waals surface area contributed by atoms with Gasteiger partial charge in [0, 0.05) is 23.9 Å². The highest BCUT2D eigenvalue weighted by Gasteiger charge is 2.51. The quantitative estimate of drug-likeness (QED) is 0.697. The largest absolute Gasteiger partial charge is 0.296 e. The van der Waals surface area contributed by atoms with Gasteiger partial charge in [0.05, 0.1) is 0 Å². The van der Waals surface area contributed by atoms with Crippen molar-refractivity contribution >= 4 is 0 Å². The summed E-state index contributed by atoms with van der Waals surface area (Å²) in [6, 6.07) is 6.12. The number of rotatable bonds is 0. The Morgan fingerprint density at radius 2 is 2.05 bits per heavy atom. The molecule has 0 amide bonds. The van der Waals surface area contributed by atoms with Gasteiger partial charge in [0.2, 0.25) is 0 Å². The first-order chi connectivity index (χ1) is 10.7. The smallest absolute Gasteiger partial charge is 0.123 e. The van der Waals surface area contributed by atoms with Gasteiger partial charge in [-0.1, -0.05) is 11.6 Å². The number of hydrogen-bond acceptors (Lipinski definition) is 1. The van der Waals surface area contributed by atoms with E-state index in [9.17, 15) is 8.78 Å². The van der Waals surface area contributed by atoms with Crippen LogP contribution in [0.3, 0.4) is 0 Å². The number of benzene rings is 1. The molecule has 0 N–H and O–H groups in total. The molecule has 2 fully saturated rings. The minimum absolute atomic E-state index is 0.110. The molecule has 1 aromatic rings. The second-order valence-corrected chi connectivity index (χ2v) is 7.12. The molecule has 1 nitrogen and oxygen atoms in total. The lowest BCUT2D eigenvalue weighted by atomic mass is 9.71. The summed E-state index contributed by atoms with van der Waals surface area (Å²) in [4.78, 5) is 2.64. The highest BCUT2D eigenvalue weighted by atomic mass is 19.1. The van der Waals surface area contributed by atoms with E-state index in [0.717, 1.165) is 31.4 Å². The molecule has 3 heterocycles. The van der Waals surface area contributed by atoms with Crippen molar-refractivity contribution in [1.82, 2.24) is 4.90 Å². The van der Waals surface area contributed by atoms with Gasteiger partial charge in [0.1, 0.15) is 11.6 Å². The molecular weight excluding hydrogens is 280 g/mol. The Labute approximate surface area is 129 Å². The predicted molar refractivity (Wildman–Crippen MR) is 81.7 cm³/mol. The van der Waals surface area contributed by atoms with Crippen LogP contribution in [0.25, 0.3) is 0 Å². The Hall–Kier alpha value is -1.48. The molecule has 22 heavy (non-hydrogen) atoms. The second-order valence-electron chi connectivity index (χ2n) is 7.12. The Balaban J connectivity index is 1.75. The average Bonchev–Trinajstić information content (AvgIpc) is 2.89. The minimum atomic E-state index is -0.169. The zero-order valence-electron chi connectivity index (χ0n) is 12.4. The zero-order chi connectivity index (χ0) is 14.8. The lowest BCUT2D eigenvalue weighted by molar-refractivity contribution is 0.0992. The standard InChI is InChI=1S/C19H19F2N/c20-12-4-3-11-8-18-14-6-5-13(21)10-16(14)19(15(11)9-12)17-2-1-7-22(17)18/h3-5,9-10,14,17-19H,1-2,6-8H2/t14-,17+,18+,19+/m1/s1. The van der Waals surface area contributed by atoms with Gasteiger partial charge >= 0.3 is 0 Å². The molecule has 114 valence electrons. The molecule has 0 aromatic heterocycles. The fraction of sp³-hybridized carbons (Fsp3) is 0.474. The lowest BCUT2D eigenvalue weighted by Gasteiger charge is -2.47. The van der Waals surface area contributed by atoms with Crippen molar-refractivity contribution < 1.29 is 8.78 Å². The fourth-order valence-electron chi connectivity index (χ4n) is 5.35. The molecule has 2 bridgehead atoms. The third-order valence-corrected chi connectivity index (χ3v) is 6.15. The summed E-state index contributed by atoms with van der Waals surface area (Å²) in [6.45, 7) is 1.14. The number of hydrogen-bond donors (Lipinski definition) is 0. The maximum Gasteiger partial charge on any atom is 0.123 e. The fourth-order valence-corrected chi connectivity index (χ4v) is 5.35. The molecule has 2 saturated heterocycles. The molecule has 0 unspecified atom stereocenters. The van der Waals surface area contributed by atoms with E-state index in [2.05, 4.69) is 4.90 Å². The van der Waals surface area contributed by atoms with E-state index in [4.69, 9.17) is 0 Å². The second kappa shape index (κ2) is 4.51. The lowest BCUT2D eigenvalue weighted by Crippen LogP contribution is -2.51. The van der Waals surface area contributed by atoms with Gasteiger partial charge in [-0.05, 0) is 67.6 Å². The maximum absolute atomic E-state index is 13.9. The van der Waals surface area contributed by atoms with Crippen molar-refractivity contribution in [3.05, 3.63) is 58.7 Å². The predicted octanol–water partition coefficient (Wildman–Crippen LogP) is 4.11. The van der Waals surface area contributed by atoms with E-state index in [1.54, 1.807) is 24.3 Å². The van der Waals surface area contributed by atoms with Crippen molar-refractivity contribution in [2.75, 3.05) is 6.54 Å². The van der Waals surface area contributed by atoms with Crippen LogP contribution in [0, 0.1) is 11.7 Å². The van der Waals surface area contributed by atoms with E-state index in [1.165, 1.54) is 17.6 Å². The Morgan fingerprint density at radius 1 is 1.14 bits per heavy atom. The summed E-state index contributed by atoms with van der Waals surface area (Å²) in [5, 5.41) is 0. The van der Waals surface area contributed by atoms with Gasteiger partial charge in [-0.25, -0.2) is 8.78 Å². The monoisotopic (exact) mass is 299 g/mol. The van der Waals surface area contributed by atoms with E-state index < -0.39 is 0 Å². The van der Waals surface area contributed by atoms with Crippen LogP contribution in [-0.4, -0.2) is 23.5 Å². The van der Waals surface area contributed by atoms with Crippen molar-refractivity contribution in [2.24, 2.45) is 5.92 Å². The third-order valence-electron chi connectivity index (χ3n) is 6.15. The molecule has 3 aliphatic heterocycles. The average molecular weight is 299 g/mol. The summed E-state index contributed by atoms with van der Waals surface area (Å²) in [6.07, 6.45) is 7.59. The maximum atomic E-state index is 13.9. The Kier molecular flexibility index (Phi) is 2.67. The number of nitrogens with zero attached hydrogens (tertiary/aromatic N) is 1. The van der Waals surface area contributed by atoms with Crippen molar-refractivity contribution in [3.63, 3.8) is 0 Å². The Morgan fingerprint density at radius 3 is 2.95 bits per heavy atom. The Bertz CT molecular complexity index is 705. The molecular formula is C19H19F2N. The summed E-state index contributed by atoms with van der Waals surface area (Å²) in [5.41, 5.74) is 3.60. The van der Waals surface area contributed by atoms with Crippen LogP contribution in [0.4, 0.5) is 8.78 Å². The molecule has 3 heteroatoms. The summed E-state index contributed by atoms with van der Waals surface area (Å²) in [7, 11) is 0. The van der Waals surface area contributed by atoms with Gasteiger partial charge in [-0.3, -0.25) is 4.90 Å². The van der Waals surface area contributed by atoms with Gasteiger partial charge < -0.3 is 0 Å². The summed E-state index contributed by atoms with van der Waals surface area (Å²) < 4.78 is 27.8. The normalized spacial score (nSPS) is 36.1. The van der Waals surface area contributed by atoms with Crippen LogP contribution < -0.4 is 0 Å².